The predicted molar refractivity (Wildman–Crippen MR) is 76.5 cm³/mol. The lowest BCUT2D eigenvalue weighted by atomic mass is 10.2. The van der Waals surface area contributed by atoms with Crippen molar-refractivity contribution in [2.75, 3.05) is 0 Å². The van der Waals surface area contributed by atoms with Crippen LogP contribution >= 0.6 is 23.2 Å². The van der Waals surface area contributed by atoms with Gasteiger partial charge in [-0.15, -0.1) is 0 Å². The third kappa shape index (κ3) is 3.94. The van der Waals surface area contributed by atoms with Gasteiger partial charge in [0.1, 0.15) is 5.75 Å². The number of rotatable bonds is 5. The molecule has 2 aromatic rings. The van der Waals surface area contributed by atoms with Crippen molar-refractivity contribution in [2.45, 2.75) is 24.9 Å². The van der Waals surface area contributed by atoms with E-state index in [2.05, 4.69) is 10.1 Å². The van der Waals surface area contributed by atoms with E-state index in [0.717, 1.165) is 0 Å². The summed E-state index contributed by atoms with van der Waals surface area (Å²) >= 11 is 11.6. The molecule has 0 saturated heterocycles. The molecular formula is C12H12Cl2N2O3S. The number of benzene rings is 1. The zero-order valence-corrected chi connectivity index (χ0v) is 13.0. The molecule has 8 heteroatoms. The fourth-order valence-corrected chi connectivity index (χ4v) is 3.22. The van der Waals surface area contributed by atoms with Gasteiger partial charge in [-0.25, -0.2) is 8.42 Å². The molecule has 1 aromatic carbocycles. The highest BCUT2D eigenvalue weighted by molar-refractivity contribution is 7.89. The number of hydrogen-bond donors (Lipinski definition) is 0. The Bertz CT molecular complexity index is 713. The maximum atomic E-state index is 12.1. The Morgan fingerprint density at radius 2 is 1.95 bits per heavy atom. The van der Waals surface area contributed by atoms with E-state index < -0.39 is 9.84 Å². The second-order valence-electron chi connectivity index (χ2n) is 4.24. The van der Waals surface area contributed by atoms with E-state index in [0.29, 0.717) is 27.9 Å². The molecule has 20 heavy (non-hydrogen) atoms. The zero-order chi connectivity index (χ0) is 14.8. The third-order valence-corrected chi connectivity index (χ3v) is 4.74. The van der Waals surface area contributed by atoms with Crippen LogP contribution in [0.4, 0.5) is 0 Å². The quantitative estimate of drug-likeness (QED) is 0.840. The molecule has 0 aliphatic heterocycles. The van der Waals surface area contributed by atoms with E-state index in [4.69, 9.17) is 27.7 Å². The summed E-state index contributed by atoms with van der Waals surface area (Å²) in [6.45, 7) is 1.86. The molecule has 0 aliphatic carbocycles. The fraction of sp³-hybridized carbons (Fsp3) is 0.333. The zero-order valence-electron chi connectivity index (χ0n) is 10.6. The van der Waals surface area contributed by atoms with Gasteiger partial charge in [0, 0.05) is 6.42 Å². The Balaban J connectivity index is 2.12. The molecular weight excluding hydrogens is 323 g/mol. The molecule has 5 nitrogen and oxygen atoms in total. The molecule has 0 radical (unpaired) electrons. The van der Waals surface area contributed by atoms with Crippen molar-refractivity contribution in [2.24, 2.45) is 0 Å². The van der Waals surface area contributed by atoms with Crippen LogP contribution in [0.2, 0.25) is 10.0 Å². The van der Waals surface area contributed by atoms with Crippen LogP contribution in [0.3, 0.4) is 0 Å². The number of halogens is 2. The van der Waals surface area contributed by atoms with Crippen molar-refractivity contribution in [3.05, 3.63) is 45.5 Å². The van der Waals surface area contributed by atoms with Crippen LogP contribution in [0.15, 0.2) is 22.7 Å². The van der Waals surface area contributed by atoms with Gasteiger partial charge in [0.15, 0.2) is 15.7 Å². The summed E-state index contributed by atoms with van der Waals surface area (Å²) < 4.78 is 29.0. The van der Waals surface area contributed by atoms with Crippen molar-refractivity contribution in [3.63, 3.8) is 0 Å². The average molecular weight is 335 g/mol. The SMILES string of the molecule is CCc1noc(CS(=O)(=O)Cc2ccc(Cl)c(Cl)c2)n1. The van der Waals surface area contributed by atoms with E-state index in [-0.39, 0.29) is 17.4 Å². The Morgan fingerprint density at radius 3 is 2.55 bits per heavy atom. The third-order valence-electron chi connectivity index (χ3n) is 2.54. The van der Waals surface area contributed by atoms with Gasteiger partial charge in [-0.3, -0.25) is 0 Å². The van der Waals surface area contributed by atoms with Crippen molar-refractivity contribution < 1.29 is 12.9 Å². The first-order valence-electron chi connectivity index (χ1n) is 5.85. The summed E-state index contributed by atoms with van der Waals surface area (Å²) in [4.78, 5) is 3.98. The highest BCUT2D eigenvalue weighted by Crippen LogP contribution is 2.24. The van der Waals surface area contributed by atoms with Gasteiger partial charge in [-0.1, -0.05) is 41.3 Å². The number of aryl methyl sites for hydroxylation is 1. The van der Waals surface area contributed by atoms with E-state index in [1.54, 1.807) is 12.1 Å². The lowest BCUT2D eigenvalue weighted by Gasteiger charge is -2.03. The molecule has 0 atom stereocenters. The maximum absolute atomic E-state index is 12.1. The normalized spacial score (nSPS) is 11.8. The summed E-state index contributed by atoms with van der Waals surface area (Å²) in [5.41, 5.74) is 0.564. The van der Waals surface area contributed by atoms with Gasteiger partial charge < -0.3 is 4.52 Å². The van der Waals surface area contributed by atoms with E-state index >= 15 is 0 Å². The molecule has 1 heterocycles. The van der Waals surface area contributed by atoms with Gasteiger partial charge in [-0.2, -0.15) is 4.98 Å². The van der Waals surface area contributed by atoms with Crippen LogP contribution in [0, 0.1) is 0 Å². The largest absolute Gasteiger partial charge is 0.338 e. The van der Waals surface area contributed by atoms with E-state index in [9.17, 15) is 8.42 Å². The maximum Gasteiger partial charge on any atom is 0.241 e. The number of nitrogens with zero attached hydrogens (tertiary/aromatic N) is 2. The fourth-order valence-electron chi connectivity index (χ4n) is 1.61. The van der Waals surface area contributed by atoms with Gasteiger partial charge in [0.05, 0.1) is 15.8 Å². The van der Waals surface area contributed by atoms with Crippen LogP contribution in [0.25, 0.3) is 0 Å². The topological polar surface area (TPSA) is 73.1 Å². The monoisotopic (exact) mass is 334 g/mol. The Hall–Kier alpha value is -1.11. The van der Waals surface area contributed by atoms with Crippen LogP contribution in [-0.2, 0) is 27.8 Å². The summed E-state index contributed by atoms with van der Waals surface area (Å²) in [5.74, 6) is 0.139. The van der Waals surface area contributed by atoms with Gasteiger partial charge >= 0.3 is 0 Å². The highest BCUT2D eigenvalue weighted by Gasteiger charge is 2.18. The molecule has 0 amide bonds. The van der Waals surface area contributed by atoms with Crippen molar-refractivity contribution in [1.82, 2.24) is 10.1 Å². The Morgan fingerprint density at radius 1 is 1.20 bits per heavy atom. The second kappa shape index (κ2) is 6.11. The Labute approximate surface area is 126 Å². The van der Waals surface area contributed by atoms with Crippen LogP contribution in [0.5, 0.6) is 0 Å². The first kappa shape index (κ1) is 15.3. The van der Waals surface area contributed by atoms with Crippen LogP contribution in [0.1, 0.15) is 24.2 Å². The standard InChI is InChI=1S/C12H12Cl2N2O3S/c1-2-11-15-12(19-16-11)7-20(17,18)6-8-3-4-9(13)10(14)5-8/h3-5H,2,6-7H2,1H3. The molecule has 1 aromatic heterocycles. The summed E-state index contributed by atoms with van der Waals surface area (Å²) in [6.07, 6.45) is 0.594. The number of sulfone groups is 1. The number of aromatic nitrogens is 2. The molecule has 0 saturated carbocycles. The molecule has 0 unspecified atom stereocenters. The summed E-state index contributed by atoms with van der Waals surface area (Å²) in [6, 6.07) is 4.72. The Kier molecular flexibility index (Phi) is 4.67. The lowest BCUT2D eigenvalue weighted by molar-refractivity contribution is 0.383. The lowest BCUT2D eigenvalue weighted by Crippen LogP contribution is -2.08. The molecule has 0 fully saturated rings. The summed E-state index contributed by atoms with van der Waals surface area (Å²) in [5, 5.41) is 4.37. The van der Waals surface area contributed by atoms with Gasteiger partial charge in [0.2, 0.25) is 5.89 Å². The first-order chi connectivity index (χ1) is 9.39. The molecule has 108 valence electrons. The van der Waals surface area contributed by atoms with Gasteiger partial charge in [0.25, 0.3) is 0 Å². The minimum Gasteiger partial charge on any atom is -0.338 e. The van der Waals surface area contributed by atoms with Gasteiger partial charge in [-0.05, 0) is 17.7 Å². The predicted octanol–water partition coefficient (Wildman–Crippen LogP) is 3.05. The highest BCUT2D eigenvalue weighted by atomic mass is 35.5. The van der Waals surface area contributed by atoms with Crippen molar-refractivity contribution >= 4 is 33.0 Å². The second-order valence-corrected chi connectivity index (χ2v) is 7.12. The minimum absolute atomic E-state index is 0.0990. The van der Waals surface area contributed by atoms with Crippen molar-refractivity contribution in [1.29, 1.82) is 0 Å². The molecule has 0 bridgehead atoms. The molecule has 0 aliphatic rings. The minimum atomic E-state index is -3.41. The summed E-state index contributed by atoms with van der Waals surface area (Å²) in [7, 11) is -3.41. The van der Waals surface area contributed by atoms with E-state index in [1.165, 1.54) is 6.07 Å². The van der Waals surface area contributed by atoms with Crippen molar-refractivity contribution in [3.8, 4) is 0 Å². The molecule has 2 rings (SSSR count). The van der Waals surface area contributed by atoms with Crippen LogP contribution in [-0.4, -0.2) is 18.6 Å². The number of hydrogen-bond acceptors (Lipinski definition) is 5. The average Bonchev–Trinajstić information content (AvgIpc) is 2.80. The van der Waals surface area contributed by atoms with E-state index in [1.807, 2.05) is 6.92 Å². The smallest absolute Gasteiger partial charge is 0.241 e. The first-order valence-corrected chi connectivity index (χ1v) is 8.43. The molecule has 0 spiro atoms. The molecule has 0 N–H and O–H groups in total. The van der Waals surface area contributed by atoms with Crippen LogP contribution < -0.4 is 0 Å².